The first-order valence-corrected chi connectivity index (χ1v) is 10.1. The predicted molar refractivity (Wildman–Crippen MR) is 106 cm³/mol. The number of carbonyl (C=O) groups excluding carboxylic acids is 1. The number of hydrogen-bond acceptors (Lipinski definition) is 10. The molecule has 2 N–H and O–H groups in total. The number of rotatable bonds is 7. The van der Waals surface area contributed by atoms with E-state index in [-0.39, 0.29) is 6.42 Å². The van der Waals surface area contributed by atoms with Crippen molar-refractivity contribution in [1.82, 2.24) is 30.2 Å². The fourth-order valence-electron chi connectivity index (χ4n) is 3.35. The number of carbonyl (C=O) groups is 1. The molecule has 12 nitrogen and oxygen atoms in total. The van der Waals surface area contributed by atoms with Gasteiger partial charge in [0.2, 0.25) is 17.8 Å². The zero-order valence-corrected chi connectivity index (χ0v) is 16.7. The van der Waals surface area contributed by atoms with Crippen LogP contribution in [0.4, 0.5) is 11.9 Å². The van der Waals surface area contributed by atoms with E-state index < -0.39 is 5.91 Å². The third-order valence-electron chi connectivity index (χ3n) is 5.01. The Balaban J connectivity index is 1.56. The number of aromatic nitrogens is 5. The van der Waals surface area contributed by atoms with Crippen molar-refractivity contribution in [2.75, 3.05) is 62.4 Å². The Morgan fingerprint density at radius 3 is 2.17 bits per heavy atom. The van der Waals surface area contributed by atoms with Crippen molar-refractivity contribution in [3.05, 3.63) is 12.4 Å². The minimum Gasteiger partial charge on any atom is -0.378 e. The van der Waals surface area contributed by atoms with Gasteiger partial charge in [0.1, 0.15) is 0 Å². The summed E-state index contributed by atoms with van der Waals surface area (Å²) in [6.07, 6.45) is 4.36. The first kappa shape index (κ1) is 20.4. The molecule has 0 aliphatic carbocycles. The van der Waals surface area contributed by atoms with Gasteiger partial charge in [-0.05, 0) is 6.42 Å². The van der Waals surface area contributed by atoms with Gasteiger partial charge in [-0.15, -0.1) is 0 Å². The number of anilines is 2. The Hall–Kier alpha value is -2.83. The molecule has 2 aromatic heterocycles. The summed E-state index contributed by atoms with van der Waals surface area (Å²) in [5.41, 5.74) is 2.42. The molecule has 162 valence electrons. The maximum atomic E-state index is 11.2. The molecule has 0 saturated carbocycles. The number of morpholine rings is 2. The summed E-state index contributed by atoms with van der Waals surface area (Å²) < 4.78 is 12.6. The molecule has 2 aliphatic rings. The van der Waals surface area contributed by atoms with Gasteiger partial charge < -0.3 is 19.3 Å². The van der Waals surface area contributed by atoms with E-state index >= 15 is 0 Å². The third kappa shape index (κ3) is 5.01. The summed E-state index contributed by atoms with van der Waals surface area (Å²) in [6.45, 7) is 6.07. The average Bonchev–Trinajstić information content (AvgIpc) is 3.29. The van der Waals surface area contributed by atoms with Crippen LogP contribution >= 0.6 is 0 Å². The second-order valence-corrected chi connectivity index (χ2v) is 7.09. The van der Waals surface area contributed by atoms with Crippen LogP contribution in [0.25, 0.3) is 11.4 Å². The van der Waals surface area contributed by atoms with Gasteiger partial charge in [0.15, 0.2) is 5.82 Å². The minimum absolute atomic E-state index is 0.222. The molecule has 1 amide bonds. The molecule has 4 heterocycles. The van der Waals surface area contributed by atoms with Crippen LogP contribution < -0.4 is 15.3 Å². The fourth-order valence-corrected chi connectivity index (χ4v) is 3.35. The number of ether oxygens (including phenoxy) is 2. The highest BCUT2D eigenvalue weighted by molar-refractivity contribution is 5.74. The number of nitrogens with one attached hydrogen (secondary N) is 1. The van der Waals surface area contributed by atoms with E-state index in [4.69, 9.17) is 29.6 Å². The van der Waals surface area contributed by atoms with E-state index in [9.17, 15) is 4.79 Å². The van der Waals surface area contributed by atoms with Crippen LogP contribution in [0.2, 0.25) is 0 Å². The Morgan fingerprint density at radius 2 is 1.60 bits per heavy atom. The van der Waals surface area contributed by atoms with Gasteiger partial charge in [0.25, 0.3) is 0 Å². The van der Waals surface area contributed by atoms with E-state index in [1.54, 1.807) is 16.4 Å². The van der Waals surface area contributed by atoms with Crippen LogP contribution in [0, 0.1) is 0 Å². The summed E-state index contributed by atoms with van der Waals surface area (Å²) in [6, 6.07) is 0. The molecule has 2 fully saturated rings. The van der Waals surface area contributed by atoms with E-state index in [0.29, 0.717) is 57.1 Å². The molecule has 30 heavy (non-hydrogen) atoms. The standard InChI is InChI=1S/C18H26N8O4/c27-15(23-28)2-1-3-26-13-14(12-19-26)16-20-17(24-4-8-29-9-5-24)22-18(21-16)25-6-10-30-11-7-25/h12-13,28H,1-11H2,(H,23,27). The molecule has 0 radical (unpaired) electrons. The second kappa shape index (κ2) is 9.78. The van der Waals surface area contributed by atoms with E-state index in [1.165, 1.54) is 0 Å². The third-order valence-corrected chi connectivity index (χ3v) is 5.01. The Labute approximate surface area is 173 Å². The second-order valence-electron chi connectivity index (χ2n) is 7.09. The molecule has 0 unspecified atom stereocenters. The molecule has 4 rings (SSSR count). The number of hydroxylamine groups is 1. The molecule has 0 bridgehead atoms. The van der Waals surface area contributed by atoms with Crippen molar-refractivity contribution >= 4 is 17.8 Å². The van der Waals surface area contributed by atoms with Crippen molar-refractivity contribution in [2.45, 2.75) is 19.4 Å². The highest BCUT2D eigenvalue weighted by Gasteiger charge is 2.21. The monoisotopic (exact) mass is 418 g/mol. The van der Waals surface area contributed by atoms with Crippen molar-refractivity contribution in [2.24, 2.45) is 0 Å². The van der Waals surface area contributed by atoms with Gasteiger partial charge in [-0.3, -0.25) is 14.7 Å². The van der Waals surface area contributed by atoms with E-state index in [2.05, 4.69) is 14.9 Å². The minimum atomic E-state index is -0.412. The predicted octanol–water partition coefficient (Wildman–Crippen LogP) is -0.306. The molecular weight excluding hydrogens is 392 g/mol. The van der Waals surface area contributed by atoms with Gasteiger partial charge >= 0.3 is 0 Å². The number of aryl methyl sites for hydroxylation is 1. The smallest absolute Gasteiger partial charge is 0.243 e. The van der Waals surface area contributed by atoms with E-state index in [1.807, 2.05) is 6.20 Å². The Bertz CT molecular complexity index is 812. The first-order chi connectivity index (χ1) is 14.7. The lowest BCUT2D eigenvalue weighted by atomic mass is 10.3. The summed E-state index contributed by atoms with van der Waals surface area (Å²) in [5, 5.41) is 12.9. The van der Waals surface area contributed by atoms with Crippen LogP contribution in [0.3, 0.4) is 0 Å². The summed E-state index contributed by atoms with van der Waals surface area (Å²) in [5.74, 6) is 1.42. The average molecular weight is 418 g/mol. The highest BCUT2D eigenvalue weighted by atomic mass is 16.5. The molecule has 0 aromatic carbocycles. The lowest BCUT2D eigenvalue weighted by Crippen LogP contribution is -2.40. The number of hydrogen-bond donors (Lipinski definition) is 2. The van der Waals surface area contributed by atoms with Gasteiger partial charge in [-0.2, -0.15) is 20.1 Å². The van der Waals surface area contributed by atoms with Crippen molar-refractivity contribution in [3.63, 3.8) is 0 Å². The van der Waals surface area contributed by atoms with Crippen molar-refractivity contribution < 1.29 is 19.5 Å². The maximum absolute atomic E-state index is 11.2. The Morgan fingerprint density at radius 1 is 1.00 bits per heavy atom. The van der Waals surface area contributed by atoms with Crippen LogP contribution in [0.15, 0.2) is 12.4 Å². The quantitative estimate of drug-likeness (QED) is 0.456. The molecule has 0 atom stereocenters. The van der Waals surface area contributed by atoms with E-state index in [0.717, 1.165) is 31.7 Å². The zero-order chi connectivity index (χ0) is 20.8. The van der Waals surface area contributed by atoms with Crippen molar-refractivity contribution in [3.8, 4) is 11.4 Å². The highest BCUT2D eigenvalue weighted by Crippen LogP contribution is 2.22. The van der Waals surface area contributed by atoms with Gasteiger partial charge in [0, 0.05) is 45.3 Å². The molecule has 0 spiro atoms. The molecule has 2 aromatic rings. The van der Waals surface area contributed by atoms with Crippen LogP contribution in [-0.4, -0.2) is 88.5 Å². The van der Waals surface area contributed by atoms with Gasteiger partial charge in [-0.1, -0.05) is 0 Å². The zero-order valence-electron chi connectivity index (χ0n) is 16.7. The van der Waals surface area contributed by atoms with Crippen LogP contribution in [0.1, 0.15) is 12.8 Å². The van der Waals surface area contributed by atoms with Gasteiger partial charge in [0.05, 0.1) is 38.2 Å². The molecule has 12 heteroatoms. The van der Waals surface area contributed by atoms with Gasteiger partial charge in [-0.25, -0.2) is 5.48 Å². The summed E-state index contributed by atoms with van der Waals surface area (Å²) in [4.78, 5) is 29.5. The molecular formula is C18H26N8O4. The lowest BCUT2D eigenvalue weighted by molar-refractivity contribution is -0.129. The summed E-state index contributed by atoms with van der Waals surface area (Å²) >= 11 is 0. The van der Waals surface area contributed by atoms with Crippen LogP contribution in [0.5, 0.6) is 0 Å². The Kier molecular flexibility index (Phi) is 6.67. The topological polar surface area (TPSA) is 131 Å². The largest absolute Gasteiger partial charge is 0.378 e. The maximum Gasteiger partial charge on any atom is 0.243 e. The first-order valence-electron chi connectivity index (χ1n) is 10.1. The van der Waals surface area contributed by atoms with Crippen LogP contribution in [-0.2, 0) is 20.8 Å². The fraction of sp³-hybridized carbons (Fsp3) is 0.611. The normalized spacial score (nSPS) is 17.2. The number of amides is 1. The lowest BCUT2D eigenvalue weighted by Gasteiger charge is -2.30. The number of nitrogens with zero attached hydrogens (tertiary/aromatic N) is 7. The molecule has 2 aliphatic heterocycles. The van der Waals surface area contributed by atoms with Crippen molar-refractivity contribution in [1.29, 1.82) is 0 Å². The molecule has 2 saturated heterocycles. The SMILES string of the molecule is O=C(CCCn1cc(-c2nc(N3CCOCC3)nc(N3CCOCC3)n2)cn1)NO. The summed E-state index contributed by atoms with van der Waals surface area (Å²) in [7, 11) is 0.